The molecule has 0 aliphatic carbocycles. The van der Waals surface area contributed by atoms with Gasteiger partial charge >= 0.3 is 5.97 Å². The van der Waals surface area contributed by atoms with Crippen LogP contribution >= 0.6 is 0 Å². The molecule has 0 saturated carbocycles. The Morgan fingerprint density at radius 2 is 2.13 bits per heavy atom. The van der Waals surface area contributed by atoms with Crippen LogP contribution in [0.5, 0.6) is 0 Å². The van der Waals surface area contributed by atoms with Crippen molar-refractivity contribution >= 4 is 11.8 Å². The number of pyridine rings is 1. The maximum atomic E-state index is 11.5. The number of piperazine rings is 1. The van der Waals surface area contributed by atoms with E-state index in [1.54, 1.807) is 12.1 Å². The first-order valence-corrected chi connectivity index (χ1v) is 8.23. The quantitative estimate of drug-likeness (QED) is 0.829. The molecular formula is C17H27N3O3. The number of aryl methyl sites for hydroxylation is 1. The van der Waals surface area contributed by atoms with Crippen LogP contribution in [0.15, 0.2) is 12.1 Å². The Morgan fingerprint density at radius 1 is 1.39 bits per heavy atom. The van der Waals surface area contributed by atoms with E-state index in [1.165, 1.54) is 0 Å². The summed E-state index contributed by atoms with van der Waals surface area (Å²) in [6.07, 6.45) is 0.692. The number of aliphatic hydroxyl groups is 1. The van der Waals surface area contributed by atoms with Gasteiger partial charge in [-0.15, -0.1) is 0 Å². The molecule has 128 valence electrons. The molecule has 6 heteroatoms. The third-order valence-corrected chi connectivity index (χ3v) is 4.21. The second-order valence-corrected chi connectivity index (χ2v) is 6.63. The summed E-state index contributed by atoms with van der Waals surface area (Å²) in [5.74, 6) is 0.162. The van der Waals surface area contributed by atoms with Crippen LogP contribution in [-0.4, -0.2) is 64.9 Å². The van der Waals surface area contributed by atoms with Crippen LogP contribution in [0.1, 0.15) is 36.3 Å². The highest BCUT2D eigenvalue weighted by Gasteiger charge is 2.29. The van der Waals surface area contributed by atoms with E-state index in [-0.39, 0.29) is 18.2 Å². The molecular weight excluding hydrogens is 294 g/mol. The van der Waals surface area contributed by atoms with E-state index in [2.05, 4.69) is 23.7 Å². The average Bonchev–Trinajstić information content (AvgIpc) is 2.48. The molecule has 2 N–H and O–H groups in total. The topological polar surface area (TPSA) is 76.9 Å². The molecule has 1 aromatic heterocycles. The highest BCUT2D eigenvalue weighted by atomic mass is 16.4. The fourth-order valence-corrected chi connectivity index (χ4v) is 3.17. The zero-order valence-electron chi connectivity index (χ0n) is 14.2. The number of aromatic nitrogens is 1. The summed E-state index contributed by atoms with van der Waals surface area (Å²) in [4.78, 5) is 20.4. The second-order valence-electron chi connectivity index (χ2n) is 6.63. The lowest BCUT2D eigenvalue weighted by molar-refractivity contribution is 0.0696. The molecule has 0 amide bonds. The number of aliphatic hydroxyl groups excluding tert-OH is 1. The summed E-state index contributed by atoms with van der Waals surface area (Å²) in [6.45, 7) is 9.69. The molecule has 1 saturated heterocycles. The molecule has 0 spiro atoms. The zero-order chi connectivity index (χ0) is 17.0. The molecule has 23 heavy (non-hydrogen) atoms. The molecule has 1 atom stereocenters. The van der Waals surface area contributed by atoms with Gasteiger partial charge in [0.05, 0.1) is 0 Å². The summed E-state index contributed by atoms with van der Waals surface area (Å²) < 4.78 is 0. The number of aromatic carboxylic acids is 1. The monoisotopic (exact) mass is 321 g/mol. The number of nitrogens with zero attached hydrogens (tertiary/aromatic N) is 3. The van der Waals surface area contributed by atoms with Crippen LogP contribution in [0.2, 0.25) is 0 Å². The van der Waals surface area contributed by atoms with Crippen LogP contribution in [0.3, 0.4) is 0 Å². The third kappa shape index (κ3) is 4.42. The van der Waals surface area contributed by atoms with Crippen LogP contribution in [-0.2, 0) is 0 Å². The van der Waals surface area contributed by atoms with Crippen LogP contribution in [0, 0.1) is 12.8 Å². The number of hydrogen-bond acceptors (Lipinski definition) is 5. The van der Waals surface area contributed by atoms with Crippen molar-refractivity contribution in [1.82, 2.24) is 9.88 Å². The molecule has 0 radical (unpaired) electrons. The summed E-state index contributed by atoms with van der Waals surface area (Å²) in [7, 11) is 0. The minimum atomic E-state index is -0.948. The van der Waals surface area contributed by atoms with Gasteiger partial charge in [-0.05, 0) is 31.4 Å². The fourth-order valence-electron chi connectivity index (χ4n) is 3.17. The fraction of sp³-hybridized carbons (Fsp3) is 0.647. The molecule has 1 aliphatic rings. The SMILES string of the molecule is Cc1ccc(C(=O)O)c(N2CCN(CC(C)C)C(CCO)C2)n1. The Kier molecular flexibility index (Phi) is 5.96. The van der Waals surface area contributed by atoms with Crippen molar-refractivity contribution in [3.05, 3.63) is 23.4 Å². The molecule has 6 nitrogen and oxygen atoms in total. The predicted octanol–water partition coefficient (Wildman–Crippen LogP) is 1.62. The van der Waals surface area contributed by atoms with Crippen LogP contribution < -0.4 is 4.90 Å². The first-order chi connectivity index (χ1) is 10.9. The molecule has 1 fully saturated rings. The second kappa shape index (κ2) is 7.75. The highest BCUT2D eigenvalue weighted by Crippen LogP contribution is 2.24. The lowest BCUT2D eigenvalue weighted by atomic mass is 10.1. The van der Waals surface area contributed by atoms with E-state index in [9.17, 15) is 15.0 Å². The average molecular weight is 321 g/mol. The summed E-state index contributed by atoms with van der Waals surface area (Å²) in [5, 5.41) is 18.8. The largest absolute Gasteiger partial charge is 0.478 e. The van der Waals surface area contributed by atoms with Crippen molar-refractivity contribution in [2.45, 2.75) is 33.2 Å². The molecule has 2 rings (SSSR count). The van der Waals surface area contributed by atoms with E-state index in [0.29, 0.717) is 24.7 Å². The molecule has 2 heterocycles. The number of anilines is 1. The smallest absolute Gasteiger partial charge is 0.339 e. The zero-order valence-corrected chi connectivity index (χ0v) is 14.2. The summed E-state index contributed by atoms with van der Waals surface area (Å²) >= 11 is 0. The molecule has 0 aromatic carbocycles. The van der Waals surface area contributed by atoms with Crippen molar-refractivity contribution in [1.29, 1.82) is 0 Å². The standard InChI is InChI=1S/C17H27N3O3/c1-12(2)10-19-7-8-20(11-14(19)6-9-21)16-15(17(22)23)5-4-13(3)18-16/h4-5,12,14,21H,6-11H2,1-3H3,(H,22,23). The van der Waals surface area contributed by atoms with Gasteiger partial charge in [0.25, 0.3) is 0 Å². The Morgan fingerprint density at radius 3 is 2.74 bits per heavy atom. The van der Waals surface area contributed by atoms with Gasteiger partial charge < -0.3 is 15.1 Å². The Hall–Kier alpha value is -1.66. The van der Waals surface area contributed by atoms with E-state index >= 15 is 0 Å². The van der Waals surface area contributed by atoms with Crippen molar-refractivity contribution in [2.24, 2.45) is 5.92 Å². The van der Waals surface area contributed by atoms with Gasteiger partial charge in [0.1, 0.15) is 11.4 Å². The highest BCUT2D eigenvalue weighted by molar-refractivity contribution is 5.93. The number of carboxylic acid groups (broad SMARTS) is 1. The van der Waals surface area contributed by atoms with Crippen molar-refractivity contribution in [3.8, 4) is 0 Å². The maximum absolute atomic E-state index is 11.5. The first kappa shape index (κ1) is 17.7. The summed E-state index contributed by atoms with van der Waals surface area (Å²) in [6, 6.07) is 3.58. The van der Waals surface area contributed by atoms with E-state index < -0.39 is 5.97 Å². The molecule has 0 bridgehead atoms. The van der Waals surface area contributed by atoms with E-state index in [0.717, 1.165) is 25.3 Å². The number of hydrogen-bond donors (Lipinski definition) is 2. The van der Waals surface area contributed by atoms with Gasteiger partial charge in [0.2, 0.25) is 0 Å². The molecule has 1 aliphatic heterocycles. The van der Waals surface area contributed by atoms with Crippen LogP contribution in [0.4, 0.5) is 5.82 Å². The number of carboxylic acids is 1. The van der Waals surface area contributed by atoms with Crippen molar-refractivity contribution < 1.29 is 15.0 Å². The number of carbonyl (C=O) groups is 1. The Balaban J connectivity index is 2.22. The Labute approximate surface area is 137 Å². The van der Waals surface area contributed by atoms with Gasteiger partial charge in [-0.1, -0.05) is 13.8 Å². The molecule has 1 aromatic rings. The normalized spacial score (nSPS) is 19.3. The van der Waals surface area contributed by atoms with Gasteiger partial charge in [0.15, 0.2) is 0 Å². The van der Waals surface area contributed by atoms with Crippen LogP contribution in [0.25, 0.3) is 0 Å². The minimum absolute atomic E-state index is 0.139. The molecule has 1 unspecified atom stereocenters. The van der Waals surface area contributed by atoms with Gasteiger partial charge in [-0.2, -0.15) is 0 Å². The van der Waals surface area contributed by atoms with E-state index in [4.69, 9.17) is 0 Å². The van der Waals surface area contributed by atoms with Gasteiger partial charge in [-0.25, -0.2) is 9.78 Å². The number of rotatable bonds is 6. The van der Waals surface area contributed by atoms with Crippen molar-refractivity contribution in [3.63, 3.8) is 0 Å². The maximum Gasteiger partial charge on any atom is 0.339 e. The third-order valence-electron chi connectivity index (χ3n) is 4.21. The van der Waals surface area contributed by atoms with Gasteiger partial charge in [-0.3, -0.25) is 4.90 Å². The van der Waals surface area contributed by atoms with Crippen molar-refractivity contribution in [2.75, 3.05) is 37.7 Å². The summed E-state index contributed by atoms with van der Waals surface area (Å²) in [5.41, 5.74) is 1.06. The van der Waals surface area contributed by atoms with Gasteiger partial charge in [0, 0.05) is 44.5 Å². The lowest BCUT2D eigenvalue weighted by Gasteiger charge is -2.43. The predicted molar refractivity (Wildman–Crippen MR) is 90.0 cm³/mol. The minimum Gasteiger partial charge on any atom is -0.478 e. The Bertz CT molecular complexity index is 548. The lowest BCUT2D eigenvalue weighted by Crippen LogP contribution is -2.54. The first-order valence-electron chi connectivity index (χ1n) is 8.23. The van der Waals surface area contributed by atoms with E-state index in [1.807, 2.05) is 11.8 Å².